The Bertz CT molecular complexity index is 623. The molecule has 3 rings (SSSR count). The summed E-state index contributed by atoms with van der Waals surface area (Å²) < 4.78 is 0. The maximum Gasteiger partial charge on any atom is 0.251 e. The minimum absolute atomic E-state index is 0.0451. The van der Waals surface area contributed by atoms with E-state index in [1.165, 1.54) is 5.56 Å². The van der Waals surface area contributed by atoms with Crippen LogP contribution in [0.3, 0.4) is 0 Å². The summed E-state index contributed by atoms with van der Waals surface area (Å²) in [7, 11) is 0. The van der Waals surface area contributed by atoms with Crippen LogP contribution in [0.2, 0.25) is 0 Å². The normalized spacial score (nSPS) is 12.9. The van der Waals surface area contributed by atoms with Crippen molar-refractivity contribution < 1.29 is 4.79 Å². The average molecular weight is 253 g/mol. The van der Waals surface area contributed by atoms with Gasteiger partial charge >= 0.3 is 0 Å². The minimum atomic E-state index is -0.0451. The van der Waals surface area contributed by atoms with Crippen molar-refractivity contribution in [3.05, 3.63) is 59.2 Å². The Morgan fingerprint density at radius 2 is 2.00 bits per heavy atom. The highest BCUT2D eigenvalue weighted by Gasteiger charge is 2.20. The van der Waals surface area contributed by atoms with Gasteiger partial charge in [-0.1, -0.05) is 30.3 Å². The predicted molar refractivity (Wildman–Crippen MR) is 75.8 cm³/mol. The van der Waals surface area contributed by atoms with E-state index < -0.39 is 0 Å². The molecule has 2 aromatic carbocycles. The first-order chi connectivity index (χ1) is 9.24. The number of amides is 1. The van der Waals surface area contributed by atoms with Crippen molar-refractivity contribution in [3.63, 3.8) is 0 Å². The van der Waals surface area contributed by atoms with Gasteiger partial charge in [-0.25, -0.2) is 0 Å². The second-order valence-corrected chi connectivity index (χ2v) is 4.62. The number of carbonyl (C=O) groups excluding carboxylic acids is 1. The Morgan fingerprint density at radius 1 is 1.21 bits per heavy atom. The molecule has 1 aliphatic heterocycles. The average Bonchev–Trinajstić information content (AvgIpc) is 2.78. The summed E-state index contributed by atoms with van der Waals surface area (Å²) in [5, 5.41) is 6.10. The molecular weight excluding hydrogens is 238 g/mol. The number of fused-ring (bicyclic) bond motifs is 1. The fourth-order valence-corrected chi connectivity index (χ4v) is 2.24. The third-order valence-corrected chi connectivity index (χ3v) is 3.29. The highest BCUT2D eigenvalue weighted by atomic mass is 16.1. The van der Waals surface area contributed by atoms with Crippen LogP contribution in [0.4, 0.5) is 11.4 Å². The van der Waals surface area contributed by atoms with Gasteiger partial charge < -0.3 is 16.4 Å². The van der Waals surface area contributed by atoms with Crippen LogP contribution in [0.5, 0.6) is 0 Å². The lowest BCUT2D eigenvalue weighted by molar-refractivity contribution is 0.0966. The van der Waals surface area contributed by atoms with Crippen LogP contribution in [0, 0.1) is 0 Å². The molecule has 0 unspecified atom stereocenters. The smallest absolute Gasteiger partial charge is 0.251 e. The molecule has 19 heavy (non-hydrogen) atoms. The van der Waals surface area contributed by atoms with E-state index in [1.54, 1.807) is 6.07 Å². The Labute approximate surface area is 111 Å². The summed E-state index contributed by atoms with van der Waals surface area (Å²) in [6.07, 6.45) is 0. The quantitative estimate of drug-likeness (QED) is 0.734. The third-order valence-electron chi connectivity index (χ3n) is 3.29. The van der Waals surface area contributed by atoms with Crippen LogP contribution in [0.15, 0.2) is 42.5 Å². The van der Waals surface area contributed by atoms with E-state index in [-0.39, 0.29) is 5.91 Å². The molecule has 96 valence electrons. The molecule has 0 aromatic heterocycles. The monoisotopic (exact) mass is 253 g/mol. The first kappa shape index (κ1) is 11.6. The summed E-state index contributed by atoms with van der Waals surface area (Å²) in [5.41, 5.74) is 10.3. The zero-order valence-corrected chi connectivity index (χ0v) is 10.4. The highest BCUT2D eigenvalue weighted by Crippen LogP contribution is 2.27. The lowest BCUT2D eigenvalue weighted by atomic mass is 10.1. The summed E-state index contributed by atoms with van der Waals surface area (Å²) in [6, 6.07) is 13.8. The lowest BCUT2D eigenvalue weighted by Crippen LogP contribution is -2.12. The van der Waals surface area contributed by atoms with Crippen molar-refractivity contribution in [1.82, 2.24) is 5.32 Å². The van der Waals surface area contributed by atoms with Crippen molar-refractivity contribution in [2.24, 2.45) is 0 Å². The maximum absolute atomic E-state index is 11.5. The van der Waals surface area contributed by atoms with Crippen molar-refractivity contribution >= 4 is 17.3 Å². The van der Waals surface area contributed by atoms with Gasteiger partial charge in [0.15, 0.2) is 0 Å². The molecular formula is C15H15N3O. The summed E-state index contributed by atoms with van der Waals surface area (Å²) in [6.45, 7) is 1.29. The summed E-state index contributed by atoms with van der Waals surface area (Å²) in [4.78, 5) is 11.5. The van der Waals surface area contributed by atoms with Gasteiger partial charge in [-0.3, -0.25) is 4.79 Å². The van der Waals surface area contributed by atoms with Gasteiger partial charge in [0.2, 0.25) is 0 Å². The first-order valence-electron chi connectivity index (χ1n) is 6.22. The standard InChI is InChI=1S/C15H15N3O/c16-13-7-12-11(9-18-15(12)19)6-14(13)17-8-10-4-2-1-3-5-10/h1-7,17H,8-9,16H2,(H,18,19). The minimum Gasteiger partial charge on any atom is -0.397 e. The largest absolute Gasteiger partial charge is 0.397 e. The Morgan fingerprint density at radius 3 is 2.79 bits per heavy atom. The molecule has 0 bridgehead atoms. The zero-order valence-electron chi connectivity index (χ0n) is 10.4. The molecule has 0 saturated carbocycles. The van der Waals surface area contributed by atoms with Gasteiger partial charge in [-0.2, -0.15) is 0 Å². The number of hydrogen-bond donors (Lipinski definition) is 3. The van der Waals surface area contributed by atoms with Crippen LogP contribution in [0.1, 0.15) is 21.5 Å². The number of nitrogen functional groups attached to an aromatic ring is 1. The van der Waals surface area contributed by atoms with Crippen molar-refractivity contribution in [1.29, 1.82) is 0 Å². The number of benzene rings is 2. The van der Waals surface area contributed by atoms with Crippen LogP contribution >= 0.6 is 0 Å². The van der Waals surface area contributed by atoms with E-state index in [4.69, 9.17) is 5.73 Å². The van der Waals surface area contributed by atoms with Crippen LogP contribution < -0.4 is 16.4 Å². The van der Waals surface area contributed by atoms with Crippen LogP contribution in [-0.2, 0) is 13.1 Å². The first-order valence-corrected chi connectivity index (χ1v) is 6.22. The molecule has 4 heteroatoms. The predicted octanol–water partition coefficient (Wildman–Crippen LogP) is 2.12. The number of carbonyl (C=O) groups is 1. The van der Waals surface area contributed by atoms with E-state index in [0.29, 0.717) is 24.3 Å². The molecule has 0 saturated heterocycles. The van der Waals surface area contributed by atoms with Gasteiger partial charge in [0.1, 0.15) is 0 Å². The number of rotatable bonds is 3. The topological polar surface area (TPSA) is 67.2 Å². The van der Waals surface area contributed by atoms with E-state index in [0.717, 1.165) is 11.3 Å². The van der Waals surface area contributed by atoms with Crippen LogP contribution in [-0.4, -0.2) is 5.91 Å². The fourth-order valence-electron chi connectivity index (χ4n) is 2.24. The van der Waals surface area contributed by atoms with Gasteiger partial charge in [-0.15, -0.1) is 0 Å². The molecule has 0 radical (unpaired) electrons. The number of hydrogen-bond acceptors (Lipinski definition) is 3. The third kappa shape index (κ3) is 2.25. The fraction of sp³-hybridized carbons (Fsp3) is 0.133. The van der Waals surface area contributed by atoms with E-state index >= 15 is 0 Å². The molecule has 1 heterocycles. The number of nitrogens with one attached hydrogen (secondary N) is 2. The Kier molecular flexibility index (Phi) is 2.83. The summed E-state index contributed by atoms with van der Waals surface area (Å²) in [5.74, 6) is -0.0451. The molecule has 0 fully saturated rings. The number of anilines is 2. The van der Waals surface area contributed by atoms with Gasteiger partial charge in [0.25, 0.3) is 5.91 Å². The Balaban J connectivity index is 1.81. The second-order valence-electron chi connectivity index (χ2n) is 4.62. The van der Waals surface area contributed by atoms with Gasteiger partial charge in [0.05, 0.1) is 11.4 Å². The highest BCUT2D eigenvalue weighted by molar-refractivity contribution is 6.00. The molecule has 4 nitrogen and oxygen atoms in total. The molecule has 0 spiro atoms. The molecule has 0 atom stereocenters. The van der Waals surface area contributed by atoms with E-state index in [2.05, 4.69) is 22.8 Å². The molecule has 1 aliphatic rings. The van der Waals surface area contributed by atoms with Gasteiger partial charge in [0, 0.05) is 18.7 Å². The summed E-state index contributed by atoms with van der Waals surface area (Å²) >= 11 is 0. The SMILES string of the molecule is Nc1cc2c(cc1NCc1ccccc1)CNC2=O. The number of nitrogens with two attached hydrogens (primary N) is 1. The van der Waals surface area contributed by atoms with Gasteiger partial charge in [-0.05, 0) is 23.3 Å². The van der Waals surface area contributed by atoms with Crippen molar-refractivity contribution in [2.45, 2.75) is 13.1 Å². The van der Waals surface area contributed by atoms with Crippen LogP contribution in [0.25, 0.3) is 0 Å². The van der Waals surface area contributed by atoms with E-state index in [9.17, 15) is 4.79 Å². The maximum atomic E-state index is 11.5. The molecule has 0 aliphatic carbocycles. The molecule has 1 amide bonds. The van der Waals surface area contributed by atoms with Crippen molar-refractivity contribution in [2.75, 3.05) is 11.1 Å². The zero-order chi connectivity index (χ0) is 13.2. The Hall–Kier alpha value is -2.49. The molecule has 2 aromatic rings. The van der Waals surface area contributed by atoms with Crippen molar-refractivity contribution in [3.8, 4) is 0 Å². The second kappa shape index (κ2) is 4.65. The molecule has 4 N–H and O–H groups in total. The lowest BCUT2D eigenvalue weighted by Gasteiger charge is -2.11. The van der Waals surface area contributed by atoms with E-state index in [1.807, 2.05) is 24.3 Å².